The lowest BCUT2D eigenvalue weighted by Gasteiger charge is -2.29. The number of nitrogens with one attached hydrogen (secondary N) is 3. The van der Waals surface area contributed by atoms with Gasteiger partial charge in [-0.1, -0.05) is 0 Å². The van der Waals surface area contributed by atoms with Crippen molar-refractivity contribution in [3.63, 3.8) is 0 Å². The van der Waals surface area contributed by atoms with Gasteiger partial charge in [0, 0.05) is 54.0 Å². The molecular formula is C24H22FN9O2. The Bertz CT molecular complexity index is 1760. The van der Waals surface area contributed by atoms with Crippen LogP contribution >= 0.6 is 0 Å². The van der Waals surface area contributed by atoms with Gasteiger partial charge in [0.2, 0.25) is 0 Å². The number of hydrogen-bond donors (Lipinski definition) is 4. The molecule has 1 fully saturated rings. The summed E-state index contributed by atoms with van der Waals surface area (Å²) < 4.78 is 45.0. The second-order valence-corrected chi connectivity index (χ2v) is 8.89. The van der Waals surface area contributed by atoms with Crippen molar-refractivity contribution in [3.8, 4) is 23.1 Å². The maximum absolute atomic E-state index is 13.9. The Balaban J connectivity index is 1.46. The number of nitrogens with zero attached hydrogens (tertiary/aromatic N) is 5. The molecule has 0 amide bonds. The highest BCUT2D eigenvalue weighted by atomic mass is 19.1. The van der Waals surface area contributed by atoms with Crippen LogP contribution in [-0.4, -0.2) is 44.1 Å². The van der Waals surface area contributed by atoms with E-state index in [0.29, 0.717) is 46.7 Å². The monoisotopic (exact) mass is 490 g/mol. The number of aromatic amines is 1. The summed E-state index contributed by atoms with van der Waals surface area (Å²) in [6.45, 7) is -2.25. The smallest absolute Gasteiger partial charge is 0.275 e. The van der Waals surface area contributed by atoms with Gasteiger partial charge < -0.3 is 21.1 Å². The number of anilines is 2. The first-order chi connectivity index (χ1) is 18.5. The third-order valence-corrected chi connectivity index (χ3v) is 6.83. The Morgan fingerprint density at radius 1 is 1.47 bits per heavy atom. The number of halogens is 1. The first-order valence-electron chi connectivity index (χ1n) is 12.6. The molecule has 6 rings (SSSR count). The van der Waals surface area contributed by atoms with E-state index in [9.17, 15) is 14.4 Å². The highest BCUT2D eigenvalue weighted by Crippen LogP contribution is 2.58. The molecule has 2 unspecified atom stereocenters. The average molecular weight is 491 g/mol. The molecule has 3 aromatic heterocycles. The molecule has 0 saturated heterocycles. The topological polar surface area (TPSA) is 160 Å². The van der Waals surface area contributed by atoms with Crippen molar-refractivity contribution in [2.75, 3.05) is 24.2 Å². The Kier molecular flexibility index (Phi) is 4.05. The van der Waals surface area contributed by atoms with Crippen LogP contribution in [0, 0.1) is 17.1 Å². The molecule has 4 heterocycles. The van der Waals surface area contributed by atoms with E-state index in [1.54, 1.807) is 24.0 Å². The average Bonchev–Trinajstić information content (AvgIpc) is 3.41. The fourth-order valence-corrected chi connectivity index (χ4v) is 5.02. The van der Waals surface area contributed by atoms with Gasteiger partial charge in [-0.15, -0.1) is 0 Å². The minimum Gasteiger partial charge on any atom is -0.481 e. The second kappa shape index (κ2) is 7.76. The predicted molar refractivity (Wildman–Crippen MR) is 130 cm³/mol. The molecule has 5 N–H and O–H groups in total. The van der Waals surface area contributed by atoms with Gasteiger partial charge >= 0.3 is 0 Å². The standard InChI is InChI=1S/C24H22FN9O2/c1-28-22-19-13(18(8-27)32-33-23(19)35)5-16(31-22)14-9-30-34(2)20(14)15-6-24(15)10-29-17-4-12(25)3-11(7-26)21(17)36-24/h3-5,9,15,29H,6,8,10,27H2,1-2H3,(H,28,31)(H,33,35)/i1D3. The van der Waals surface area contributed by atoms with E-state index in [1.807, 2.05) is 6.07 Å². The van der Waals surface area contributed by atoms with Gasteiger partial charge in [-0.25, -0.2) is 14.5 Å². The zero-order valence-corrected chi connectivity index (χ0v) is 19.0. The number of benzene rings is 1. The van der Waals surface area contributed by atoms with Crippen molar-refractivity contribution in [1.82, 2.24) is 25.0 Å². The predicted octanol–water partition coefficient (Wildman–Crippen LogP) is 1.96. The van der Waals surface area contributed by atoms with E-state index in [-0.39, 0.29) is 29.2 Å². The summed E-state index contributed by atoms with van der Waals surface area (Å²) in [5.74, 6) is -0.554. The molecule has 4 aromatic rings. The molecule has 182 valence electrons. The van der Waals surface area contributed by atoms with Crippen LogP contribution in [0.15, 0.2) is 29.2 Å². The van der Waals surface area contributed by atoms with Gasteiger partial charge in [0.25, 0.3) is 5.56 Å². The molecule has 1 aliphatic carbocycles. The van der Waals surface area contributed by atoms with Gasteiger partial charge in [0.15, 0.2) is 5.75 Å². The summed E-state index contributed by atoms with van der Waals surface area (Å²) in [6, 6.07) is 6.06. The summed E-state index contributed by atoms with van der Waals surface area (Å²) >= 11 is 0. The van der Waals surface area contributed by atoms with Crippen molar-refractivity contribution in [2.45, 2.75) is 24.5 Å². The van der Waals surface area contributed by atoms with Gasteiger partial charge in [-0.05, 0) is 12.1 Å². The van der Waals surface area contributed by atoms with Crippen molar-refractivity contribution < 1.29 is 13.2 Å². The Labute approximate surface area is 208 Å². The number of ether oxygens (including phenoxy) is 1. The number of pyridine rings is 1. The van der Waals surface area contributed by atoms with E-state index in [2.05, 4.69) is 30.9 Å². The van der Waals surface area contributed by atoms with Crippen LogP contribution in [0.4, 0.5) is 15.9 Å². The maximum Gasteiger partial charge on any atom is 0.275 e. The van der Waals surface area contributed by atoms with Gasteiger partial charge in [-0.2, -0.15) is 15.5 Å². The maximum atomic E-state index is 13.9. The highest BCUT2D eigenvalue weighted by molar-refractivity contribution is 5.95. The third-order valence-electron chi connectivity index (χ3n) is 6.83. The summed E-state index contributed by atoms with van der Waals surface area (Å²) in [5.41, 5.74) is 7.15. The lowest BCUT2D eigenvalue weighted by molar-refractivity contribution is 0.175. The van der Waals surface area contributed by atoms with Gasteiger partial charge in [0.05, 0.1) is 46.5 Å². The number of aromatic nitrogens is 5. The molecule has 2 aliphatic rings. The fraction of sp³-hybridized carbons (Fsp3) is 0.292. The molecule has 2 atom stereocenters. The number of nitrogens with two attached hydrogens (primary N) is 1. The number of aryl methyl sites for hydroxylation is 1. The third kappa shape index (κ3) is 3.13. The first-order valence-corrected chi connectivity index (χ1v) is 11.1. The minimum absolute atomic E-state index is 0.00366. The summed E-state index contributed by atoms with van der Waals surface area (Å²) in [5, 5.41) is 26.3. The molecule has 11 nitrogen and oxygen atoms in total. The number of fused-ring (bicyclic) bond motifs is 2. The van der Waals surface area contributed by atoms with Crippen LogP contribution in [0.5, 0.6) is 5.75 Å². The number of H-pyrrole nitrogens is 1. The Hall–Kier alpha value is -4.50. The zero-order valence-electron chi connectivity index (χ0n) is 22.0. The molecule has 1 aliphatic heterocycles. The number of nitriles is 1. The van der Waals surface area contributed by atoms with Crippen LogP contribution in [0.1, 0.15) is 33.4 Å². The van der Waals surface area contributed by atoms with Crippen LogP contribution in [-0.2, 0) is 13.6 Å². The van der Waals surface area contributed by atoms with E-state index in [1.165, 1.54) is 6.07 Å². The van der Waals surface area contributed by atoms with Crippen molar-refractivity contribution in [2.24, 2.45) is 12.8 Å². The van der Waals surface area contributed by atoms with Gasteiger partial charge in [-0.3, -0.25) is 9.48 Å². The van der Waals surface area contributed by atoms with E-state index >= 15 is 0 Å². The highest BCUT2D eigenvalue weighted by Gasteiger charge is 2.61. The minimum atomic E-state index is -2.62. The lowest BCUT2D eigenvalue weighted by atomic mass is 10.0. The summed E-state index contributed by atoms with van der Waals surface area (Å²) in [6.07, 6.45) is 2.19. The zero-order chi connectivity index (χ0) is 27.7. The molecule has 1 saturated carbocycles. The fourth-order valence-electron chi connectivity index (χ4n) is 5.02. The SMILES string of the molecule is [2H]C([2H])([2H])Nc1nc(-c2cnn(C)c2C2CC23CNc2cc(F)cc(C#N)c2O3)cc2c(CN)n[nH]c(=O)c12. The summed E-state index contributed by atoms with van der Waals surface area (Å²) in [4.78, 5) is 17.2. The summed E-state index contributed by atoms with van der Waals surface area (Å²) in [7, 11) is 1.77. The Morgan fingerprint density at radius 3 is 3.11 bits per heavy atom. The Morgan fingerprint density at radius 2 is 2.33 bits per heavy atom. The van der Waals surface area contributed by atoms with Crippen LogP contribution in [0.3, 0.4) is 0 Å². The van der Waals surface area contributed by atoms with Crippen molar-refractivity contribution >= 4 is 22.3 Å². The van der Waals surface area contributed by atoms with Crippen molar-refractivity contribution in [3.05, 3.63) is 57.5 Å². The molecule has 1 spiro atoms. The quantitative estimate of drug-likeness (QED) is 0.335. The molecule has 0 bridgehead atoms. The molecule has 1 aromatic carbocycles. The van der Waals surface area contributed by atoms with E-state index in [0.717, 1.165) is 11.8 Å². The molecule has 36 heavy (non-hydrogen) atoms. The molecule has 0 radical (unpaired) electrons. The second-order valence-electron chi connectivity index (χ2n) is 8.89. The van der Waals surface area contributed by atoms with Crippen LogP contribution in [0.25, 0.3) is 22.0 Å². The molecular weight excluding hydrogens is 465 g/mol. The number of hydrogen-bond acceptors (Lipinski definition) is 9. The van der Waals surface area contributed by atoms with Gasteiger partial charge in [0.1, 0.15) is 23.3 Å². The van der Waals surface area contributed by atoms with Crippen LogP contribution < -0.4 is 26.7 Å². The van der Waals surface area contributed by atoms with Crippen molar-refractivity contribution in [1.29, 1.82) is 5.26 Å². The normalized spacial score (nSPS) is 21.5. The molecule has 12 heteroatoms. The largest absolute Gasteiger partial charge is 0.481 e. The lowest BCUT2D eigenvalue weighted by Crippen LogP contribution is -2.35. The number of rotatable bonds is 4. The first kappa shape index (κ1) is 18.8. The van der Waals surface area contributed by atoms with Crippen LogP contribution in [0.2, 0.25) is 0 Å². The van der Waals surface area contributed by atoms with E-state index < -0.39 is 24.0 Å². The van der Waals surface area contributed by atoms with E-state index in [4.69, 9.17) is 14.6 Å².